The Morgan fingerprint density at radius 2 is 1.90 bits per heavy atom. The van der Waals surface area contributed by atoms with E-state index < -0.39 is 11.7 Å². The number of carbonyl (C=O) groups excluding carboxylic acids is 1. The molecular formula is C21H21Cl2FN4O2. The van der Waals surface area contributed by atoms with Gasteiger partial charge in [0.2, 0.25) is 0 Å². The lowest BCUT2D eigenvalue weighted by Crippen LogP contribution is -2.28. The van der Waals surface area contributed by atoms with Gasteiger partial charge in [-0.3, -0.25) is 14.4 Å². The number of halogens is 3. The van der Waals surface area contributed by atoms with E-state index in [2.05, 4.69) is 15.3 Å². The predicted octanol–water partition coefficient (Wildman–Crippen LogP) is 5.21. The summed E-state index contributed by atoms with van der Waals surface area (Å²) in [6.45, 7) is 2.86. The second kappa shape index (κ2) is 9.20. The summed E-state index contributed by atoms with van der Waals surface area (Å²) in [5.41, 5.74) is 0.296. The number of aromatic nitrogens is 2. The standard InChI is InChI=1S/C21H21Cl2FN4O2/c22-16-5-4-6-18(24)15(16)12-28-13-17(23)20(26-28)25-21(29)19-8-7-14(30-19)11-27-9-2-1-3-10-27/h4-8,13H,1-3,9-12H2,(H,25,26,29). The van der Waals surface area contributed by atoms with Crippen LogP contribution in [0.2, 0.25) is 10.0 Å². The van der Waals surface area contributed by atoms with Gasteiger partial charge in [-0.25, -0.2) is 4.39 Å². The van der Waals surface area contributed by atoms with E-state index in [1.807, 2.05) is 6.07 Å². The number of rotatable bonds is 6. The van der Waals surface area contributed by atoms with Crippen molar-refractivity contribution in [2.24, 2.45) is 0 Å². The normalized spacial score (nSPS) is 14.8. The van der Waals surface area contributed by atoms with E-state index in [0.29, 0.717) is 17.1 Å². The fraction of sp³-hybridized carbons (Fsp3) is 0.333. The highest BCUT2D eigenvalue weighted by Gasteiger charge is 2.18. The van der Waals surface area contributed by atoms with Crippen molar-refractivity contribution in [3.63, 3.8) is 0 Å². The van der Waals surface area contributed by atoms with Crippen molar-refractivity contribution in [3.05, 3.63) is 69.5 Å². The summed E-state index contributed by atoms with van der Waals surface area (Å²) in [5.74, 6) is 0.216. The smallest absolute Gasteiger partial charge is 0.292 e. The van der Waals surface area contributed by atoms with E-state index in [-0.39, 0.29) is 23.1 Å². The van der Waals surface area contributed by atoms with Crippen molar-refractivity contribution < 1.29 is 13.6 Å². The maximum atomic E-state index is 14.0. The number of likely N-dealkylation sites (tertiary alicyclic amines) is 1. The van der Waals surface area contributed by atoms with Crippen LogP contribution in [0, 0.1) is 5.82 Å². The van der Waals surface area contributed by atoms with Gasteiger partial charge in [0.05, 0.1) is 13.1 Å². The van der Waals surface area contributed by atoms with Gasteiger partial charge < -0.3 is 9.73 Å². The summed E-state index contributed by atoms with van der Waals surface area (Å²) in [6.07, 6.45) is 5.14. The molecule has 0 aliphatic carbocycles. The Morgan fingerprint density at radius 3 is 2.67 bits per heavy atom. The summed E-state index contributed by atoms with van der Waals surface area (Å²) in [5, 5.41) is 7.40. The first-order valence-electron chi connectivity index (χ1n) is 9.78. The lowest BCUT2D eigenvalue weighted by molar-refractivity contribution is 0.0991. The Kier molecular flexibility index (Phi) is 6.41. The van der Waals surface area contributed by atoms with Gasteiger partial charge in [0, 0.05) is 16.8 Å². The van der Waals surface area contributed by atoms with Gasteiger partial charge in [-0.1, -0.05) is 35.7 Å². The lowest BCUT2D eigenvalue weighted by Gasteiger charge is -2.25. The zero-order valence-electron chi connectivity index (χ0n) is 16.2. The Balaban J connectivity index is 1.41. The molecule has 6 nitrogen and oxygen atoms in total. The van der Waals surface area contributed by atoms with E-state index >= 15 is 0 Å². The van der Waals surface area contributed by atoms with Gasteiger partial charge in [0.25, 0.3) is 5.91 Å². The summed E-state index contributed by atoms with van der Waals surface area (Å²) in [6, 6.07) is 7.91. The molecule has 158 valence electrons. The quantitative estimate of drug-likeness (QED) is 0.559. The third-order valence-corrected chi connectivity index (χ3v) is 5.68. The van der Waals surface area contributed by atoms with E-state index in [0.717, 1.165) is 18.8 Å². The topological polar surface area (TPSA) is 63.3 Å². The lowest BCUT2D eigenvalue weighted by atomic mass is 10.1. The first-order chi connectivity index (χ1) is 14.5. The Bertz CT molecular complexity index is 1020. The minimum absolute atomic E-state index is 0.0852. The van der Waals surface area contributed by atoms with E-state index in [4.69, 9.17) is 27.6 Å². The van der Waals surface area contributed by atoms with Crippen molar-refractivity contribution >= 4 is 34.9 Å². The molecule has 4 rings (SSSR count). The molecule has 2 aromatic heterocycles. The van der Waals surface area contributed by atoms with Crippen LogP contribution in [-0.2, 0) is 13.1 Å². The second-order valence-electron chi connectivity index (χ2n) is 7.28. The fourth-order valence-electron chi connectivity index (χ4n) is 3.50. The number of carbonyl (C=O) groups is 1. The van der Waals surface area contributed by atoms with Crippen molar-refractivity contribution in [2.45, 2.75) is 32.4 Å². The summed E-state index contributed by atoms with van der Waals surface area (Å²) in [7, 11) is 0. The molecule has 3 aromatic rings. The minimum atomic E-state index is -0.448. The van der Waals surface area contributed by atoms with Gasteiger partial charge in [-0.05, 0) is 50.2 Å². The Labute approximate surface area is 183 Å². The molecule has 0 radical (unpaired) electrons. The molecule has 3 heterocycles. The van der Waals surface area contributed by atoms with Crippen LogP contribution < -0.4 is 5.32 Å². The molecule has 9 heteroatoms. The maximum absolute atomic E-state index is 14.0. The molecule has 0 unspecified atom stereocenters. The molecular weight excluding hydrogens is 430 g/mol. The summed E-state index contributed by atoms with van der Waals surface area (Å²) in [4.78, 5) is 14.9. The zero-order chi connectivity index (χ0) is 21.1. The molecule has 0 spiro atoms. The summed E-state index contributed by atoms with van der Waals surface area (Å²) >= 11 is 12.3. The number of hydrogen-bond acceptors (Lipinski definition) is 4. The van der Waals surface area contributed by atoms with Gasteiger partial charge in [0.1, 0.15) is 16.6 Å². The third-order valence-electron chi connectivity index (χ3n) is 5.04. The Hall–Kier alpha value is -2.35. The van der Waals surface area contributed by atoms with Crippen LogP contribution in [0.15, 0.2) is 40.9 Å². The number of furan rings is 1. The molecule has 0 saturated carbocycles. The van der Waals surface area contributed by atoms with Crippen LogP contribution >= 0.6 is 23.2 Å². The molecule has 0 atom stereocenters. The van der Waals surface area contributed by atoms with E-state index in [9.17, 15) is 9.18 Å². The first kappa shape index (κ1) is 20.9. The number of nitrogens with one attached hydrogen (secondary N) is 1. The number of anilines is 1. The summed E-state index contributed by atoms with van der Waals surface area (Å²) < 4.78 is 21.1. The van der Waals surface area contributed by atoms with Crippen LogP contribution in [0.4, 0.5) is 10.2 Å². The number of benzene rings is 1. The molecule has 1 aromatic carbocycles. The average molecular weight is 451 g/mol. The third kappa shape index (κ3) is 4.86. The van der Waals surface area contributed by atoms with Gasteiger partial charge in [-0.15, -0.1) is 0 Å². The van der Waals surface area contributed by atoms with E-state index in [1.165, 1.54) is 42.3 Å². The molecule has 1 amide bonds. The molecule has 1 fully saturated rings. The van der Waals surface area contributed by atoms with Crippen LogP contribution in [0.3, 0.4) is 0 Å². The number of piperidine rings is 1. The highest BCUT2D eigenvalue weighted by atomic mass is 35.5. The number of hydrogen-bond donors (Lipinski definition) is 1. The highest BCUT2D eigenvalue weighted by molar-refractivity contribution is 6.33. The molecule has 1 N–H and O–H groups in total. The van der Waals surface area contributed by atoms with Crippen molar-refractivity contribution in [1.82, 2.24) is 14.7 Å². The van der Waals surface area contributed by atoms with Gasteiger partial charge in [0.15, 0.2) is 11.6 Å². The molecule has 30 heavy (non-hydrogen) atoms. The highest BCUT2D eigenvalue weighted by Crippen LogP contribution is 2.24. The first-order valence-corrected chi connectivity index (χ1v) is 10.5. The van der Waals surface area contributed by atoms with Crippen molar-refractivity contribution in [3.8, 4) is 0 Å². The Morgan fingerprint density at radius 1 is 1.10 bits per heavy atom. The SMILES string of the molecule is O=C(Nc1nn(Cc2c(F)cccc2Cl)cc1Cl)c1ccc(CN2CCCCC2)o1. The van der Waals surface area contributed by atoms with Crippen LogP contribution in [0.25, 0.3) is 0 Å². The van der Waals surface area contributed by atoms with Crippen molar-refractivity contribution in [1.29, 1.82) is 0 Å². The van der Waals surface area contributed by atoms with Crippen LogP contribution in [0.1, 0.15) is 41.1 Å². The predicted molar refractivity (Wildman–Crippen MR) is 114 cm³/mol. The number of amides is 1. The number of nitrogens with zero attached hydrogens (tertiary/aromatic N) is 3. The maximum Gasteiger partial charge on any atom is 0.292 e. The largest absolute Gasteiger partial charge is 0.455 e. The van der Waals surface area contributed by atoms with Gasteiger partial charge >= 0.3 is 0 Å². The molecule has 1 aliphatic heterocycles. The zero-order valence-corrected chi connectivity index (χ0v) is 17.7. The monoisotopic (exact) mass is 450 g/mol. The van der Waals surface area contributed by atoms with E-state index in [1.54, 1.807) is 12.1 Å². The van der Waals surface area contributed by atoms with Crippen LogP contribution in [0.5, 0.6) is 0 Å². The molecule has 0 bridgehead atoms. The minimum Gasteiger partial charge on any atom is -0.455 e. The average Bonchev–Trinajstić information content (AvgIpc) is 3.32. The fourth-order valence-corrected chi connectivity index (χ4v) is 3.92. The van der Waals surface area contributed by atoms with Crippen LogP contribution in [-0.4, -0.2) is 33.7 Å². The van der Waals surface area contributed by atoms with Gasteiger partial charge in [-0.2, -0.15) is 5.10 Å². The molecule has 1 saturated heterocycles. The van der Waals surface area contributed by atoms with Crippen molar-refractivity contribution in [2.75, 3.05) is 18.4 Å². The second-order valence-corrected chi connectivity index (χ2v) is 8.09. The molecule has 1 aliphatic rings.